The molecule has 2 aromatic carbocycles. The molecule has 5 fully saturated rings. The van der Waals surface area contributed by atoms with Crippen molar-refractivity contribution >= 4 is 52.6 Å². The Bertz CT molecular complexity index is 2290. The number of benzene rings is 2. The molecule has 17 heteroatoms. The average molecular weight is 852 g/mol. The third kappa shape index (κ3) is 8.25. The summed E-state index contributed by atoms with van der Waals surface area (Å²) >= 11 is 6.14. The number of rotatable bonds is 9. The van der Waals surface area contributed by atoms with Crippen LogP contribution >= 0.6 is 11.6 Å². The molecule has 15 nitrogen and oxygen atoms in total. The molecule has 1 spiro atoms. The van der Waals surface area contributed by atoms with Crippen LogP contribution in [0.2, 0.25) is 5.02 Å². The molecule has 6 heterocycles. The second-order valence-electron chi connectivity index (χ2n) is 17.5. The van der Waals surface area contributed by atoms with Gasteiger partial charge in [0.25, 0.3) is 17.7 Å². The number of aromatic nitrogens is 2. The Morgan fingerprint density at radius 2 is 1.62 bits per heavy atom. The summed E-state index contributed by atoms with van der Waals surface area (Å²) in [6, 6.07) is 14.8. The predicted molar refractivity (Wildman–Crippen MR) is 221 cm³/mol. The van der Waals surface area contributed by atoms with Crippen molar-refractivity contribution in [3.8, 4) is 11.8 Å². The van der Waals surface area contributed by atoms with Gasteiger partial charge in [0.1, 0.15) is 23.5 Å². The highest BCUT2D eigenvalue weighted by molar-refractivity contribution is 6.31. The minimum absolute atomic E-state index is 0.00471. The largest absolute Gasteiger partial charge is 0.490 e. The Kier molecular flexibility index (Phi) is 10.9. The normalized spacial score (nSPS) is 24.8. The van der Waals surface area contributed by atoms with Crippen LogP contribution in [-0.2, 0) is 9.59 Å². The highest BCUT2D eigenvalue weighted by Gasteiger charge is 2.48. The standard InChI is InChI=1S/C44H47ClFN9O6/c45-34-22-31(5-1-27(34)23-47)61-30-6-2-28(3-7-30)48-39(57)35-9-11-37(51-50-35)53-19-15-44(46,16-20-53)26-52-17-13-43(14-18-52)24-54(25-43)29-4-8-32-33(21-29)42(60)55(41(32)59)36-10-12-38(56)49-40(36)58/h1,4-5,8-9,11,21-22,28,30,36H,2-3,6-7,10,12-20,24-26H2,(H,48,57)(H,49,56,58)/t28-,30-,36?. The highest BCUT2D eigenvalue weighted by atomic mass is 35.5. The van der Waals surface area contributed by atoms with Crippen LogP contribution in [0.1, 0.15) is 101 Å². The maximum absolute atomic E-state index is 16.3. The van der Waals surface area contributed by atoms with Crippen molar-refractivity contribution in [2.45, 2.75) is 88.1 Å². The Hall–Kier alpha value is -5.66. The molecule has 6 aliphatic rings. The minimum atomic E-state index is -1.31. The Labute approximate surface area is 357 Å². The number of piperidine rings is 3. The number of hydrogen-bond donors (Lipinski definition) is 2. The number of carbonyl (C=O) groups is 5. The summed E-state index contributed by atoms with van der Waals surface area (Å²) in [5.41, 5.74) is 0.839. The van der Waals surface area contributed by atoms with Gasteiger partial charge in [-0.25, -0.2) is 4.39 Å². The number of imide groups is 2. The van der Waals surface area contributed by atoms with E-state index in [4.69, 9.17) is 21.6 Å². The number of nitrogens with one attached hydrogen (secondary N) is 2. The Balaban J connectivity index is 0.697. The fourth-order valence-corrected chi connectivity index (χ4v) is 10.1. The lowest BCUT2D eigenvalue weighted by Gasteiger charge is -2.55. The van der Waals surface area contributed by atoms with Gasteiger partial charge in [-0.1, -0.05) is 11.6 Å². The van der Waals surface area contributed by atoms with E-state index in [1.807, 2.05) is 17.0 Å². The van der Waals surface area contributed by atoms with Gasteiger partial charge in [-0.2, -0.15) is 5.26 Å². The molecule has 0 radical (unpaired) electrons. The third-order valence-electron chi connectivity index (χ3n) is 13.5. The second-order valence-corrected chi connectivity index (χ2v) is 17.9. The number of alkyl halides is 1. The Morgan fingerprint density at radius 3 is 2.30 bits per heavy atom. The van der Waals surface area contributed by atoms with Crippen LogP contribution < -0.4 is 25.2 Å². The molecule has 1 aliphatic carbocycles. The van der Waals surface area contributed by atoms with Crippen LogP contribution in [0.5, 0.6) is 5.75 Å². The summed E-state index contributed by atoms with van der Waals surface area (Å²) in [4.78, 5) is 71.0. The number of ether oxygens (including phenoxy) is 1. The van der Waals surface area contributed by atoms with E-state index >= 15 is 4.39 Å². The van der Waals surface area contributed by atoms with Crippen LogP contribution in [0.4, 0.5) is 15.9 Å². The van der Waals surface area contributed by atoms with Gasteiger partial charge in [0.15, 0.2) is 11.5 Å². The molecule has 2 N–H and O–H groups in total. The fraction of sp³-hybridized carbons (Fsp3) is 0.500. The number of anilines is 2. The molecule has 9 rings (SSSR count). The third-order valence-corrected chi connectivity index (χ3v) is 13.8. The van der Waals surface area contributed by atoms with Crippen molar-refractivity contribution in [1.29, 1.82) is 5.26 Å². The monoisotopic (exact) mass is 851 g/mol. The highest BCUT2D eigenvalue weighted by Crippen LogP contribution is 2.44. The lowest BCUT2D eigenvalue weighted by Crippen LogP contribution is -2.61. The van der Waals surface area contributed by atoms with E-state index < -0.39 is 35.3 Å². The first-order valence-electron chi connectivity index (χ1n) is 21.2. The van der Waals surface area contributed by atoms with Crippen LogP contribution in [0.25, 0.3) is 0 Å². The van der Waals surface area contributed by atoms with Crippen molar-refractivity contribution in [2.24, 2.45) is 5.41 Å². The van der Waals surface area contributed by atoms with E-state index in [1.54, 1.807) is 42.5 Å². The maximum Gasteiger partial charge on any atom is 0.272 e. The first kappa shape index (κ1) is 40.7. The molecule has 0 bridgehead atoms. The second kappa shape index (κ2) is 16.3. The maximum atomic E-state index is 16.3. The number of fused-ring (bicyclic) bond motifs is 1. The van der Waals surface area contributed by atoms with Gasteiger partial charge in [0.05, 0.1) is 27.8 Å². The van der Waals surface area contributed by atoms with E-state index in [9.17, 15) is 24.0 Å². The first-order valence-corrected chi connectivity index (χ1v) is 21.5. The number of hydrogen-bond acceptors (Lipinski definition) is 12. The molecule has 1 atom stereocenters. The van der Waals surface area contributed by atoms with Gasteiger partial charge in [-0.3, -0.25) is 34.2 Å². The van der Waals surface area contributed by atoms with Crippen molar-refractivity contribution in [3.63, 3.8) is 0 Å². The molecule has 61 heavy (non-hydrogen) atoms. The average Bonchev–Trinajstić information content (AvgIpc) is 3.49. The van der Waals surface area contributed by atoms with E-state index in [-0.39, 0.29) is 53.1 Å². The summed E-state index contributed by atoms with van der Waals surface area (Å²) in [7, 11) is 0. The smallest absolute Gasteiger partial charge is 0.272 e. The van der Waals surface area contributed by atoms with E-state index in [0.717, 1.165) is 75.3 Å². The van der Waals surface area contributed by atoms with Crippen molar-refractivity contribution < 1.29 is 33.1 Å². The lowest BCUT2D eigenvalue weighted by atomic mass is 9.71. The molecule has 5 aliphatic heterocycles. The van der Waals surface area contributed by atoms with Gasteiger partial charge in [-0.05, 0) is 100 Å². The minimum Gasteiger partial charge on any atom is -0.490 e. The van der Waals surface area contributed by atoms with Crippen molar-refractivity contribution in [1.82, 2.24) is 30.6 Å². The molecule has 4 saturated heterocycles. The summed E-state index contributed by atoms with van der Waals surface area (Å²) in [5, 5.41) is 23.3. The summed E-state index contributed by atoms with van der Waals surface area (Å²) in [6.45, 7) is 4.62. The fourth-order valence-electron chi connectivity index (χ4n) is 9.85. The van der Waals surface area contributed by atoms with Crippen LogP contribution in [0.3, 0.4) is 0 Å². The van der Waals surface area contributed by atoms with Crippen molar-refractivity contribution in [2.75, 3.05) is 55.6 Å². The first-order chi connectivity index (χ1) is 29.4. The van der Waals surface area contributed by atoms with Gasteiger partial charge in [-0.15, -0.1) is 10.2 Å². The number of nitrogens with zero attached hydrogens (tertiary/aromatic N) is 7. The number of amides is 5. The molecule has 1 saturated carbocycles. The summed E-state index contributed by atoms with van der Waals surface area (Å²) in [6.07, 6.45) is 5.85. The summed E-state index contributed by atoms with van der Waals surface area (Å²) < 4.78 is 22.3. The molecule has 3 aromatic rings. The molecule has 5 amide bonds. The van der Waals surface area contributed by atoms with Gasteiger partial charge in [0.2, 0.25) is 11.8 Å². The number of likely N-dealkylation sites (tertiary alicyclic amines) is 1. The zero-order chi connectivity index (χ0) is 42.5. The molecule has 1 unspecified atom stereocenters. The number of halogens is 2. The van der Waals surface area contributed by atoms with Gasteiger partial charge in [0, 0.05) is 75.2 Å². The quantitative estimate of drug-likeness (QED) is 0.290. The molecular weight excluding hydrogens is 805 g/mol. The number of nitriles is 1. The van der Waals surface area contributed by atoms with Crippen LogP contribution in [0, 0.1) is 16.7 Å². The van der Waals surface area contributed by atoms with Crippen LogP contribution in [0.15, 0.2) is 48.5 Å². The van der Waals surface area contributed by atoms with Gasteiger partial charge >= 0.3 is 0 Å². The van der Waals surface area contributed by atoms with E-state index in [0.29, 0.717) is 54.6 Å². The molecule has 1 aromatic heterocycles. The zero-order valence-electron chi connectivity index (χ0n) is 33.7. The SMILES string of the molecule is N#Cc1ccc(O[C@H]2CC[C@H](NC(=O)c3ccc(N4CCC(F)(CN5CCC6(CC5)CN(c5ccc7c(c5)C(=O)N(C5CCC(=O)NC5=O)C7=O)C6)CC4)nn3)CC2)cc1Cl. The zero-order valence-corrected chi connectivity index (χ0v) is 34.5. The predicted octanol–water partition coefficient (Wildman–Crippen LogP) is 4.43. The number of carbonyl (C=O) groups excluding carboxylic acids is 5. The van der Waals surface area contributed by atoms with Crippen molar-refractivity contribution in [3.05, 3.63) is 75.9 Å². The Morgan fingerprint density at radius 1 is 0.885 bits per heavy atom. The van der Waals surface area contributed by atoms with E-state index in [1.165, 1.54) is 0 Å². The van der Waals surface area contributed by atoms with Gasteiger partial charge < -0.3 is 24.8 Å². The van der Waals surface area contributed by atoms with Crippen LogP contribution in [-0.4, -0.2) is 119 Å². The van der Waals surface area contributed by atoms with E-state index in [2.05, 4.69) is 30.6 Å². The molecular formula is C44H47ClFN9O6. The lowest BCUT2D eigenvalue weighted by molar-refractivity contribution is -0.136. The summed E-state index contributed by atoms with van der Waals surface area (Å²) in [5.74, 6) is -1.09. The molecule has 318 valence electrons. The topological polar surface area (TPSA) is 181 Å².